The Kier molecular flexibility index (Phi) is 71.7. The Bertz CT molecular complexity index is 821. The minimum atomic E-state index is -1.56. The lowest BCUT2D eigenvalue weighted by Gasteiger charge is -2.02. The fourth-order valence-corrected chi connectivity index (χ4v) is 2.00. The van der Waals surface area contributed by atoms with Gasteiger partial charge in [0.15, 0.2) is 31.5 Å². The van der Waals surface area contributed by atoms with Crippen molar-refractivity contribution in [2.24, 2.45) is 0 Å². The Morgan fingerprint density at radius 2 is 0.600 bits per heavy atom. The maximum Gasteiger partial charge on any atom is 0.302 e. The lowest BCUT2D eigenvalue weighted by Crippen LogP contribution is -2.15. The van der Waals surface area contributed by atoms with Gasteiger partial charge in [0.25, 0.3) is 0 Å². The van der Waals surface area contributed by atoms with Crippen molar-refractivity contribution in [1.29, 1.82) is 0 Å². The minimum absolute atomic E-state index is 0.0625. The van der Waals surface area contributed by atoms with E-state index in [1.807, 2.05) is 13.8 Å². The molecule has 0 aliphatic heterocycles. The van der Waals surface area contributed by atoms with Gasteiger partial charge in [-0.1, -0.05) is 33.6 Å². The highest BCUT2D eigenvalue weighted by Crippen LogP contribution is 1.91. The lowest BCUT2D eigenvalue weighted by molar-refractivity contribution is -0.153. The van der Waals surface area contributed by atoms with Crippen molar-refractivity contribution < 1.29 is 114 Å². The molecule has 0 aromatic carbocycles. The minimum Gasteiger partial charge on any atom is -0.466 e. The van der Waals surface area contributed by atoms with Crippen molar-refractivity contribution in [1.82, 2.24) is 0 Å². The Balaban J connectivity index is -0.0000000865. The third kappa shape index (κ3) is 147. The van der Waals surface area contributed by atoms with Crippen LogP contribution < -0.4 is 0 Å². The maximum atomic E-state index is 10.1. The third-order valence-corrected chi connectivity index (χ3v) is 4.79. The van der Waals surface area contributed by atoms with Crippen LogP contribution in [0, 0.1) is 0 Å². The Morgan fingerprint density at radius 3 is 0.717 bits per heavy atom. The van der Waals surface area contributed by atoms with Crippen LogP contribution in [-0.4, -0.2) is 179 Å². The smallest absolute Gasteiger partial charge is 0.302 e. The van der Waals surface area contributed by atoms with Crippen LogP contribution in [0.3, 0.4) is 0 Å². The number of hydrogen-bond donors (Lipinski definition) is 13. The summed E-state index contributed by atoms with van der Waals surface area (Å²) in [7, 11) is 0. The third-order valence-electron chi connectivity index (χ3n) is 4.79. The maximum absolute atomic E-state index is 10.1. The molecule has 60 heavy (non-hydrogen) atoms. The van der Waals surface area contributed by atoms with Crippen LogP contribution in [0.25, 0.3) is 0 Å². The first-order valence-electron chi connectivity index (χ1n) is 19.0. The van der Waals surface area contributed by atoms with Crippen LogP contribution in [0.5, 0.6) is 0 Å². The Morgan fingerprint density at radius 1 is 0.350 bits per heavy atom. The van der Waals surface area contributed by atoms with E-state index in [4.69, 9.17) is 66.4 Å². The average Bonchev–Trinajstić information content (AvgIpc) is 3.07. The second-order valence-electron chi connectivity index (χ2n) is 11.9. The first-order valence-corrected chi connectivity index (χ1v) is 19.0. The zero-order valence-corrected chi connectivity index (χ0v) is 37.2. The van der Waals surface area contributed by atoms with Gasteiger partial charge < -0.3 is 90.1 Å². The number of aliphatic hydroxyl groups excluding tert-OH is 8. The monoisotopic (exact) mass is 893 g/mol. The molecule has 0 aliphatic carbocycles. The van der Waals surface area contributed by atoms with E-state index in [-0.39, 0.29) is 56.4 Å². The van der Waals surface area contributed by atoms with Gasteiger partial charge in [0.05, 0.1) is 38.1 Å². The van der Waals surface area contributed by atoms with Gasteiger partial charge in [-0.2, -0.15) is 0 Å². The molecule has 23 heteroatoms. The highest BCUT2D eigenvalue weighted by atomic mass is 16.6. The summed E-state index contributed by atoms with van der Waals surface area (Å²) in [6.07, 6.45) is -3.44. The molecule has 0 rings (SSSR count). The van der Waals surface area contributed by atoms with Gasteiger partial charge in [-0.15, -0.1) is 0 Å². The molecule has 0 bridgehead atoms. The van der Waals surface area contributed by atoms with Crippen LogP contribution >= 0.6 is 0 Å². The second-order valence-corrected chi connectivity index (χ2v) is 11.9. The molecule has 3 atom stereocenters. The molecule has 0 aromatic rings. The summed E-state index contributed by atoms with van der Waals surface area (Å²) in [5.41, 5.74) is 0. The molecular weight excluding hydrogens is 812 g/mol. The summed E-state index contributed by atoms with van der Waals surface area (Å²) in [4.78, 5) is 50.2. The highest BCUT2D eigenvalue weighted by molar-refractivity contribution is 5.67. The van der Waals surface area contributed by atoms with E-state index in [9.17, 15) is 24.0 Å². The summed E-state index contributed by atoms with van der Waals surface area (Å²) < 4.78 is 22.1. The quantitative estimate of drug-likeness (QED) is 0.0427. The van der Waals surface area contributed by atoms with E-state index in [2.05, 4.69) is 23.7 Å². The summed E-state index contributed by atoms with van der Waals surface area (Å²) in [6.45, 7) is 17.3. The zero-order valence-electron chi connectivity index (χ0n) is 37.2. The largest absolute Gasteiger partial charge is 0.466 e. The van der Waals surface area contributed by atoms with Crippen molar-refractivity contribution in [2.45, 2.75) is 177 Å². The molecule has 0 saturated carbocycles. The van der Waals surface area contributed by atoms with E-state index in [0.29, 0.717) is 45.3 Å². The normalized spacial score (nSPS) is 11.1. The number of rotatable bonds is 18. The number of hydrogen-bond acceptors (Lipinski definition) is 23. The fraction of sp³-hybridized carbons (Fsp3) is 0.865. The van der Waals surface area contributed by atoms with Crippen molar-refractivity contribution >= 4 is 29.8 Å². The van der Waals surface area contributed by atoms with Gasteiger partial charge in [-0.3, -0.25) is 24.0 Å². The molecule has 0 aromatic heterocycles. The molecule has 3 unspecified atom stereocenters. The zero-order chi connectivity index (χ0) is 49.2. The van der Waals surface area contributed by atoms with Crippen molar-refractivity contribution in [3.05, 3.63) is 0 Å². The standard InChI is InChI=1S/2C6H12O3.C5H10O4.C5H10O3.C4H8O4.2C4H10O2.C3H8O2/c2*1-5(7)3-4-9-6(2)8;1-4(6)9-3-2-5(7)8;1-4(6)3-8-5(2)7;1-3(5)8-2-4(6)7;2*1-2-3-4(5)6;1-2-3(4)5/h2*5,7H,3-4H2,1-2H3;5,7-8H,2-3H2,1H3;4,6H,3H2,1-2H3;4,6-7H,2H2,1H3;2*4-6H,2-3H2,1H3;3-5H,2H2,1H3. The summed E-state index contributed by atoms with van der Waals surface area (Å²) in [5.74, 6) is -1.87. The molecule has 0 spiro atoms. The highest BCUT2D eigenvalue weighted by Gasteiger charge is 2.00. The molecule has 0 heterocycles. The summed E-state index contributed by atoms with van der Waals surface area (Å²) >= 11 is 0. The van der Waals surface area contributed by atoms with Crippen molar-refractivity contribution in [3.8, 4) is 0 Å². The second kappa shape index (κ2) is 57.9. The molecular formula is C37H80O23. The van der Waals surface area contributed by atoms with Crippen LogP contribution in [-0.2, 0) is 47.7 Å². The number of aliphatic hydroxyl groups is 13. The summed E-state index contributed by atoms with van der Waals surface area (Å²) in [5, 5.41) is 107. The first-order chi connectivity index (χ1) is 27.4. The lowest BCUT2D eigenvalue weighted by atomic mass is 10.3. The number of esters is 5. The van der Waals surface area contributed by atoms with Crippen LogP contribution in [0.4, 0.5) is 0 Å². The van der Waals surface area contributed by atoms with Gasteiger partial charge in [0.1, 0.15) is 13.2 Å². The van der Waals surface area contributed by atoms with E-state index in [1.165, 1.54) is 34.6 Å². The molecule has 0 fully saturated rings. The molecule has 0 saturated heterocycles. The Hall–Kier alpha value is -3.17. The van der Waals surface area contributed by atoms with Crippen LogP contribution in [0.1, 0.15) is 128 Å². The topological polar surface area (TPSA) is 394 Å². The predicted molar refractivity (Wildman–Crippen MR) is 213 cm³/mol. The van der Waals surface area contributed by atoms with E-state index in [1.54, 1.807) is 27.7 Å². The number of carbonyl (C=O) groups is 5. The molecule has 0 radical (unpaired) electrons. The predicted octanol–water partition coefficient (Wildman–Crippen LogP) is -1.42. The summed E-state index contributed by atoms with van der Waals surface area (Å²) in [6, 6.07) is 0. The van der Waals surface area contributed by atoms with Crippen LogP contribution in [0.2, 0.25) is 0 Å². The van der Waals surface area contributed by atoms with Crippen LogP contribution in [0.15, 0.2) is 0 Å². The molecule has 13 N–H and O–H groups in total. The van der Waals surface area contributed by atoms with Gasteiger partial charge in [0, 0.05) is 53.9 Å². The average molecular weight is 893 g/mol. The van der Waals surface area contributed by atoms with Gasteiger partial charge in [-0.25, -0.2) is 0 Å². The van der Waals surface area contributed by atoms with E-state index in [0.717, 1.165) is 12.8 Å². The van der Waals surface area contributed by atoms with E-state index >= 15 is 0 Å². The number of ether oxygens (including phenoxy) is 5. The SMILES string of the molecule is CC(=O)OCC(C)O.CC(=O)OCC(O)O.CC(=O)OCCC(C)O.CC(=O)OCCC(C)O.CC(=O)OCCC(O)O.CCC(O)O.CCCC(O)O.CCCC(O)O. The van der Waals surface area contributed by atoms with E-state index < -0.39 is 49.5 Å². The molecule has 0 amide bonds. The number of carbonyl (C=O) groups excluding carboxylic acids is 5. The first kappa shape index (κ1) is 74.3. The van der Waals surface area contributed by atoms with Crippen molar-refractivity contribution in [2.75, 3.05) is 33.0 Å². The van der Waals surface area contributed by atoms with Gasteiger partial charge >= 0.3 is 29.8 Å². The van der Waals surface area contributed by atoms with Gasteiger partial charge in [0.2, 0.25) is 0 Å². The molecule has 0 aliphatic rings. The Labute approximate surface area is 354 Å². The van der Waals surface area contributed by atoms with Gasteiger partial charge in [-0.05, 0) is 40.0 Å². The fourth-order valence-electron chi connectivity index (χ4n) is 2.00. The molecule has 366 valence electrons. The molecule has 23 nitrogen and oxygen atoms in total. The van der Waals surface area contributed by atoms with Crippen molar-refractivity contribution in [3.63, 3.8) is 0 Å².